The van der Waals surface area contributed by atoms with Crippen LogP contribution in [-0.4, -0.2) is 24.5 Å². The van der Waals surface area contributed by atoms with Crippen molar-refractivity contribution in [2.75, 3.05) is 6.61 Å². The molecule has 1 unspecified atom stereocenters. The second kappa shape index (κ2) is 9.78. The molecule has 2 amide bonds. The number of hydrazine groups is 1. The number of nitrogens with one attached hydrogen (secondary N) is 2. The number of hydrogen-bond acceptors (Lipinski definition) is 4. The molecule has 0 heterocycles. The van der Waals surface area contributed by atoms with Crippen LogP contribution < -0.4 is 20.3 Å². The Hall–Kier alpha value is -3.54. The summed E-state index contributed by atoms with van der Waals surface area (Å²) >= 11 is 0. The van der Waals surface area contributed by atoms with Gasteiger partial charge in [-0.05, 0) is 53.9 Å². The molecule has 0 fully saturated rings. The van der Waals surface area contributed by atoms with Crippen molar-refractivity contribution in [3.05, 3.63) is 72.3 Å². The van der Waals surface area contributed by atoms with E-state index in [0.717, 1.165) is 10.8 Å². The van der Waals surface area contributed by atoms with Crippen LogP contribution in [0.3, 0.4) is 0 Å². The van der Waals surface area contributed by atoms with E-state index in [-0.39, 0.29) is 0 Å². The maximum absolute atomic E-state index is 12.3. The molecule has 3 aromatic rings. The van der Waals surface area contributed by atoms with Gasteiger partial charge in [0.25, 0.3) is 11.8 Å². The Morgan fingerprint density at radius 3 is 2.37 bits per heavy atom. The van der Waals surface area contributed by atoms with E-state index in [9.17, 15) is 9.59 Å². The molecule has 6 nitrogen and oxygen atoms in total. The largest absolute Gasteiger partial charge is 0.493 e. The van der Waals surface area contributed by atoms with E-state index < -0.39 is 17.9 Å². The van der Waals surface area contributed by atoms with Crippen molar-refractivity contribution in [3.63, 3.8) is 0 Å². The number of benzene rings is 3. The van der Waals surface area contributed by atoms with Crippen molar-refractivity contribution >= 4 is 22.6 Å². The molecular weight excluding hydrogens is 380 g/mol. The summed E-state index contributed by atoms with van der Waals surface area (Å²) in [6, 6.07) is 20.3. The third kappa shape index (κ3) is 5.73. The molecular formula is C24H26N2O4. The average molecular weight is 406 g/mol. The Morgan fingerprint density at radius 1 is 0.833 bits per heavy atom. The van der Waals surface area contributed by atoms with Gasteiger partial charge in [0, 0.05) is 5.56 Å². The second-order valence-corrected chi connectivity index (χ2v) is 7.45. The van der Waals surface area contributed by atoms with E-state index in [1.807, 2.05) is 56.3 Å². The first-order valence-electron chi connectivity index (χ1n) is 9.91. The van der Waals surface area contributed by atoms with Gasteiger partial charge in [0.1, 0.15) is 11.5 Å². The van der Waals surface area contributed by atoms with Gasteiger partial charge in [-0.25, -0.2) is 0 Å². The first kappa shape index (κ1) is 21.2. The van der Waals surface area contributed by atoms with Crippen molar-refractivity contribution in [2.45, 2.75) is 26.9 Å². The SMILES string of the molecule is CC(C)COc1cccc(C(=O)NNC(=O)C(C)Oc2ccc3ccccc3c2)c1. The highest BCUT2D eigenvalue weighted by Crippen LogP contribution is 2.21. The Balaban J connectivity index is 1.53. The molecule has 0 aromatic heterocycles. The maximum Gasteiger partial charge on any atom is 0.279 e. The number of hydrogen-bond donors (Lipinski definition) is 2. The van der Waals surface area contributed by atoms with Crippen molar-refractivity contribution in [1.29, 1.82) is 0 Å². The molecule has 156 valence electrons. The number of amides is 2. The summed E-state index contributed by atoms with van der Waals surface area (Å²) in [5.74, 6) is 0.680. The Labute approximate surface area is 176 Å². The van der Waals surface area contributed by atoms with Crippen molar-refractivity contribution < 1.29 is 19.1 Å². The number of rotatable bonds is 7. The van der Waals surface area contributed by atoms with Crippen LogP contribution in [-0.2, 0) is 4.79 Å². The topological polar surface area (TPSA) is 76.7 Å². The van der Waals surface area contributed by atoms with Gasteiger partial charge in [-0.2, -0.15) is 0 Å². The standard InChI is InChI=1S/C24H26N2O4/c1-16(2)15-29-21-10-6-9-20(14-21)24(28)26-25-23(27)17(3)30-22-12-11-18-7-4-5-8-19(18)13-22/h4-14,16-17H,15H2,1-3H3,(H,25,27)(H,26,28). The van der Waals surface area contributed by atoms with Gasteiger partial charge in [0.05, 0.1) is 6.61 Å². The molecule has 0 radical (unpaired) electrons. The summed E-state index contributed by atoms with van der Waals surface area (Å²) in [6.07, 6.45) is -0.785. The lowest BCUT2D eigenvalue weighted by Gasteiger charge is -2.16. The molecule has 0 saturated heterocycles. The summed E-state index contributed by atoms with van der Waals surface area (Å²) in [5, 5.41) is 2.12. The molecule has 3 aromatic carbocycles. The zero-order chi connectivity index (χ0) is 21.5. The summed E-state index contributed by atoms with van der Waals surface area (Å²) in [5.41, 5.74) is 5.21. The van der Waals surface area contributed by atoms with Crippen molar-refractivity contribution in [1.82, 2.24) is 10.9 Å². The van der Waals surface area contributed by atoms with Crippen LogP contribution in [0.5, 0.6) is 11.5 Å². The quantitative estimate of drug-likeness (QED) is 0.579. The van der Waals surface area contributed by atoms with E-state index in [4.69, 9.17) is 9.47 Å². The molecule has 6 heteroatoms. The molecule has 1 atom stereocenters. The molecule has 0 saturated carbocycles. The number of carbonyl (C=O) groups excluding carboxylic acids is 2. The smallest absolute Gasteiger partial charge is 0.279 e. The summed E-state index contributed by atoms with van der Waals surface area (Å²) < 4.78 is 11.3. The van der Waals surface area contributed by atoms with Crippen LogP contribution in [0.2, 0.25) is 0 Å². The zero-order valence-corrected chi connectivity index (χ0v) is 17.3. The third-order valence-corrected chi connectivity index (χ3v) is 4.38. The first-order valence-corrected chi connectivity index (χ1v) is 9.91. The molecule has 0 bridgehead atoms. The van der Waals surface area contributed by atoms with Crippen LogP contribution in [0.15, 0.2) is 66.7 Å². The van der Waals surface area contributed by atoms with Crippen molar-refractivity contribution in [2.24, 2.45) is 5.92 Å². The Kier molecular flexibility index (Phi) is 6.91. The number of carbonyl (C=O) groups is 2. The van der Waals surface area contributed by atoms with Gasteiger partial charge in [-0.3, -0.25) is 20.4 Å². The Morgan fingerprint density at radius 2 is 1.60 bits per heavy atom. The molecule has 0 aliphatic heterocycles. The normalized spacial score (nSPS) is 11.7. The molecule has 3 rings (SSSR count). The monoisotopic (exact) mass is 406 g/mol. The van der Waals surface area contributed by atoms with E-state index >= 15 is 0 Å². The van der Waals surface area contributed by atoms with Crippen LogP contribution in [0.1, 0.15) is 31.1 Å². The summed E-state index contributed by atoms with van der Waals surface area (Å²) in [4.78, 5) is 24.7. The second-order valence-electron chi connectivity index (χ2n) is 7.45. The predicted octanol–water partition coefficient (Wildman–Crippen LogP) is 4.10. The molecule has 0 spiro atoms. The zero-order valence-electron chi connectivity index (χ0n) is 17.3. The van der Waals surface area contributed by atoms with Gasteiger partial charge < -0.3 is 9.47 Å². The average Bonchev–Trinajstić information content (AvgIpc) is 2.75. The lowest BCUT2D eigenvalue weighted by atomic mass is 10.1. The minimum atomic E-state index is -0.785. The van der Waals surface area contributed by atoms with Crippen LogP contribution in [0.25, 0.3) is 10.8 Å². The fraction of sp³-hybridized carbons (Fsp3) is 0.250. The van der Waals surface area contributed by atoms with E-state index in [2.05, 4.69) is 10.9 Å². The molecule has 2 N–H and O–H groups in total. The van der Waals surface area contributed by atoms with Gasteiger partial charge in [-0.1, -0.05) is 50.2 Å². The Bertz CT molecular complexity index is 1030. The first-order chi connectivity index (χ1) is 14.4. The summed E-state index contributed by atoms with van der Waals surface area (Å²) in [6.45, 7) is 6.28. The lowest BCUT2D eigenvalue weighted by molar-refractivity contribution is -0.128. The minimum Gasteiger partial charge on any atom is -0.493 e. The molecule has 0 aliphatic rings. The minimum absolute atomic E-state index is 0.380. The third-order valence-electron chi connectivity index (χ3n) is 4.38. The number of fused-ring (bicyclic) bond motifs is 1. The van der Waals surface area contributed by atoms with Crippen LogP contribution in [0.4, 0.5) is 0 Å². The summed E-state index contributed by atoms with van der Waals surface area (Å²) in [7, 11) is 0. The highest BCUT2D eigenvalue weighted by Gasteiger charge is 2.16. The van der Waals surface area contributed by atoms with Crippen LogP contribution >= 0.6 is 0 Å². The maximum atomic E-state index is 12.3. The highest BCUT2D eigenvalue weighted by molar-refractivity contribution is 5.96. The fourth-order valence-corrected chi connectivity index (χ4v) is 2.78. The molecule has 0 aliphatic carbocycles. The highest BCUT2D eigenvalue weighted by atomic mass is 16.5. The molecule has 30 heavy (non-hydrogen) atoms. The van der Waals surface area contributed by atoms with Gasteiger partial charge >= 0.3 is 0 Å². The van der Waals surface area contributed by atoms with Gasteiger partial charge in [0.2, 0.25) is 0 Å². The van der Waals surface area contributed by atoms with Gasteiger partial charge in [0.15, 0.2) is 6.10 Å². The predicted molar refractivity (Wildman–Crippen MR) is 116 cm³/mol. The van der Waals surface area contributed by atoms with Crippen molar-refractivity contribution in [3.8, 4) is 11.5 Å². The van der Waals surface area contributed by atoms with E-state index in [1.54, 1.807) is 31.2 Å². The van der Waals surface area contributed by atoms with E-state index in [1.165, 1.54) is 0 Å². The van der Waals surface area contributed by atoms with Crippen LogP contribution in [0, 0.1) is 5.92 Å². The fourth-order valence-electron chi connectivity index (χ4n) is 2.78. The lowest BCUT2D eigenvalue weighted by Crippen LogP contribution is -2.47. The number of ether oxygens (including phenoxy) is 2. The van der Waals surface area contributed by atoms with Gasteiger partial charge in [-0.15, -0.1) is 0 Å². The van der Waals surface area contributed by atoms with E-state index in [0.29, 0.717) is 29.6 Å².